The van der Waals surface area contributed by atoms with Gasteiger partial charge in [-0.25, -0.2) is 4.39 Å². The molecule has 5 rings (SSSR count). The molecule has 1 heterocycles. The number of H-pyrrole nitrogens is 1. The van der Waals surface area contributed by atoms with Gasteiger partial charge in [-0.1, -0.05) is 66.2 Å². The quantitative estimate of drug-likeness (QED) is 0.377. The Bertz CT molecular complexity index is 1490. The summed E-state index contributed by atoms with van der Waals surface area (Å²) in [5.74, 6) is 0.0997. The molecule has 0 bridgehead atoms. The Hall–Kier alpha value is -3.99. The van der Waals surface area contributed by atoms with E-state index in [1.54, 1.807) is 12.1 Å². The summed E-state index contributed by atoms with van der Waals surface area (Å²) in [6.45, 7) is 1.90. The van der Waals surface area contributed by atoms with E-state index in [0.29, 0.717) is 11.4 Å². The van der Waals surface area contributed by atoms with Gasteiger partial charge in [-0.3, -0.25) is 9.89 Å². The number of rotatable bonds is 5. The number of aromatic nitrogens is 2. The van der Waals surface area contributed by atoms with Crippen LogP contribution in [0.5, 0.6) is 0 Å². The lowest BCUT2D eigenvalue weighted by molar-refractivity contribution is -0.117. The minimum Gasteiger partial charge on any atom is -0.382 e. The first-order valence-electron chi connectivity index (χ1n) is 10.5. The van der Waals surface area contributed by atoms with Gasteiger partial charge in [-0.2, -0.15) is 5.10 Å². The highest BCUT2D eigenvalue weighted by atomic mass is 19.1. The molecule has 4 aromatic carbocycles. The van der Waals surface area contributed by atoms with Gasteiger partial charge >= 0.3 is 0 Å². The van der Waals surface area contributed by atoms with Crippen LogP contribution in [0.25, 0.3) is 32.8 Å². The van der Waals surface area contributed by atoms with Gasteiger partial charge in [0, 0.05) is 12.8 Å². The number of benzene rings is 4. The second-order valence-corrected chi connectivity index (χ2v) is 8.14. The number of Topliss-reactive ketones (excluding diaryl/α,β-unsaturated/α-hetero) is 1. The van der Waals surface area contributed by atoms with E-state index in [1.165, 1.54) is 6.07 Å². The molecule has 32 heavy (non-hydrogen) atoms. The van der Waals surface area contributed by atoms with Gasteiger partial charge in [0.25, 0.3) is 0 Å². The van der Waals surface area contributed by atoms with Gasteiger partial charge in [0.1, 0.15) is 11.6 Å². The summed E-state index contributed by atoms with van der Waals surface area (Å²) >= 11 is 0. The van der Waals surface area contributed by atoms with Gasteiger partial charge in [-0.05, 0) is 52.1 Å². The first kappa shape index (κ1) is 19.9. The molecule has 1 aromatic heterocycles. The van der Waals surface area contributed by atoms with Crippen molar-refractivity contribution in [2.45, 2.75) is 19.8 Å². The number of nitrogens with two attached hydrogens (primary N) is 1. The van der Waals surface area contributed by atoms with Crippen molar-refractivity contribution in [1.82, 2.24) is 10.2 Å². The monoisotopic (exact) mass is 423 g/mol. The second kappa shape index (κ2) is 7.93. The zero-order valence-corrected chi connectivity index (χ0v) is 17.7. The summed E-state index contributed by atoms with van der Waals surface area (Å²) < 4.78 is 14.1. The molecule has 3 N–H and O–H groups in total. The van der Waals surface area contributed by atoms with Crippen molar-refractivity contribution in [2.75, 3.05) is 5.73 Å². The van der Waals surface area contributed by atoms with E-state index in [-0.39, 0.29) is 24.4 Å². The molecule has 0 saturated heterocycles. The van der Waals surface area contributed by atoms with Crippen LogP contribution in [0.3, 0.4) is 0 Å². The Labute approximate surface area is 184 Å². The van der Waals surface area contributed by atoms with E-state index in [0.717, 1.165) is 43.9 Å². The Morgan fingerprint density at radius 2 is 1.69 bits per heavy atom. The molecular formula is C27H22FN3O. The number of aromatic amines is 1. The van der Waals surface area contributed by atoms with Crippen LogP contribution in [-0.4, -0.2) is 16.0 Å². The topological polar surface area (TPSA) is 71.8 Å². The van der Waals surface area contributed by atoms with Crippen molar-refractivity contribution in [1.29, 1.82) is 0 Å². The van der Waals surface area contributed by atoms with Crippen molar-refractivity contribution in [3.8, 4) is 11.1 Å². The predicted molar refractivity (Wildman–Crippen MR) is 127 cm³/mol. The number of carbonyl (C=O) groups is 1. The molecule has 0 spiro atoms. The molecule has 4 nitrogen and oxygen atoms in total. The molecule has 0 atom stereocenters. The zero-order chi connectivity index (χ0) is 22.2. The van der Waals surface area contributed by atoms with Crippen molar-refractivity contribution < 1.29 is 9.18 Å². The molecule has 0 aliphatic rings. The summed E-state index contributed by atoms with van der Waals surface area (Å²) in [7, 11) is 0. The highest BCUT2D eigenvalue weighted by molar-refractivity contribution is 6.09. The van der Waals surface area contributed by atoms with E-state index in [4.69, 9.17) is 5.73 Å². The smallest absolute Gasteiger partial charge is 0.153 e. The molecule has 0 fully saturated rings. The fourth-order valence-corrected chi connectivity index (χ4v) is 4.40. The van der Waals surface area contributed by atoms with Crippen molar-refractivity contribution in [3.63, 3.8) is 0 Å². The van der Waals surface area contributed by atoms with Gasteiger partial charge < -0.3 is 5.73 Å². The van der Waals surface area contributed by atoms with Crippen molar-refractivity contribution in [2.24, 2.45) is 0 Å². The van der Waals surface area contributed by atoms with E-state index >= 15 is 0 Å². The van der Waals surface area contributed by atoms with Gasteiger partial charge in [0.05, 0.1) is 10.9 Å². The maximum absolute atomic E-state index is 14.1. The number of ketones is 1. The maximum Gasteiger partial charge on any atom is 0.153 e. The van der Waals surface area contributed by atoms with E-state index < -0.39 is 0 Å². The van der Waals surface area contributed by atoms with E-state index in [1.807, 2.05) is 61.5 Å². The van der Waals surface area contributed by atoms with Crippen LogP contribution in [0, 0.1) is 12.7 Å². The molecule has 0 unspecified atom stereocenters. The normalized spacial score (nSPS) is 11.3. The number of aryl methyl sites for hydroxylation is 1. The highest BCUT2D eigenvalue weighted by Gasteiger charge is 2.16. The predicted octanol–water partition coefficient (Wildman–Crippen LogP) is 5.77. The van der Waals surface area contributed by atoms with Crippen LogP contribution in [-0.2, 0) is 17.6 Å². The van der Waals surface area contributed by atoms with Crippen molar-refractivity contribution in [3.05, 3.63) is 95.3 Å². The Kier molecular flexibility index (Phi) is 4.94. The highest BCUT2D eigenvalue weighted by Crippen LogP contribution is 2.36. The summed E-state index contributed by atoms with van der Waals surface area (Å²) in [5, 5.41) is 10.0. The number of hydrogen-bond acceptors (Lipinski definition) is 3. The summed E-state index contributed by atoms with van der Waals surface area (Å²) in [6, 6.07) is 22.8. The largest absolute Gasteiger partial charge is 0.382 e. The molecule has 5 heteroatoms. The number of nitrogen functional groups attached to an aromatic ring is 1. The lowest BCUT2D eigenvalue weighted by Crippen LogP contribution is -2.08. The Morgan fingerprint density at radius 1 is 0.906 bits per heavy atom. The maximum atomic E-state index is 14.1. The standard InChI is InChI=1S/C27H22FN3O/c1-16-9-12-24(28)18(13-16)15-19(32)14-17-10-11-22(21-6-3-2-5-20(17)21)23-7-4-8-25-26(23)27(29)31-30-25/h2-13H,14-15H2,1H3,(H3,29,30,31). The number of anilines is 1. The first-order chi connectivity index (χ1) is 15.5. The summed E-state index contributed by atoms with van der Waals surface area (Å²) in [6.07, 6.45) is 0.320. The van der Waals surface area contributed by atoms with Crippen LogP contribution in [0.2, 0.25) is 0 Å². The lowest BCUT2D eigenvalue weighted by atomic mass is 9.91. The van der Waals surface area contributed by atoms with Crippen LogP contribution < -0.4 is 5.73 Å². The molecule has 0 aliphatic heterocycles. The number of carbonyl (C=O) groups excluding carboxylic acids is 1. The average Bonchev–Trinajstić information content (AvgIpc) is 3.18. The molecule has 0 aliphatic carbocycles. The number of hydrogen-bond donors (Lipinski definition) is 2. The number of halogens is 1. The van der Waals surface area contributed by atoms with Crippen LogP contribution in [0.4, 0.5) is 10.2 Å². The summed E-state index contributed by atoms with van der Waals surface area (Å²) in [5.41, 5.74) is 11.3. The van der Waals surface area contributed by atoms with Crippen molar-refractivity contribution >= 4 is 33.3 Å². The fraction of sp³-hybridized carbons (Fsp3) is 0.111. The second-order valence-electron chi connectivity index (χ2n) is 8.14. The van der Waals surface area contributed by atoms with Crippen LogP contribution in [0.15, 0.2) is 72.8 Å². The van der Waals surface area contributed by atoms with Crippen LogP contribution in [0.1, 0.15) is 16.7 Å². The zero-order valence-electron chi connectivity index (χ0n) is 17.7. The molecule has 158 valence electrons. The Balaban J connectivity index is 1.55. The minimum absolute atomic E-state index is 0.0198. The van der Waals surface area contributed by atoms with E-state index in [9.17, 15) is 9.18 Å². The fourth-order valence-electron chi connectivity index (χ4n) is 4.40. The third kappa shape index (κ3) is 3.52. The van der Waals surface area contributed by atoms with Gasteiger partial charge in [0.15, 0.2) is 5.82 Å². The third-order valence-electron chi connectivity index (χ3n) is 5.90. The number of nitrogens with one attached hydrogen (secondary N) is 1. The number of fused-ring (bicyclic) bond motifs is 2. The minimum atomic E-state index is -0.338. The third-order valence-corrected chi connectivity index (χ3v) is 5.90. The summed E-state index contributed by atoms with van der Waals surface area (Å²) in [4.78, 5) is 12.8. The molecule has 0 saturated carbocycles. The molecule has 0 radical (unpaired) electrons. The van der Waals surface area contributed by atoms with E-state index in [2.05, 4.69) is 10.2 Å². The van der Waals surface area contributed by atoms with Gasteiger partial charge in [-0.15, -0.1) is 0 Å². The first-order valence-corrected chi connectivity index (χ1v) is 10.5. The average molecular weight is 423 g/mol. The lowest BCUT2D eigenvalue weighted by Gasteiger charge is -2.13. The molecule has 0 amide bonds. The molecule has 5 aromatic rings. The number of nitrogens with zero attached hydrogens (tertiary/aromatic N) is 1. The molecular weight excluding hydrogens is 401 g/mol. The Morgan fingerprint density at radius 3 is 2.53 bits per heavy atom. The van der Waals surface area contributed by atoms with Gasteiger partial charge in [0.2, 0.25) is 0 Å². The SMILES string of the molecule is Cc1ccc(F)c(CC(=O)Cc2ccc(-c3cccc4[nH]nc(N)c34)c3ccccc23)c1. The van der Waals surface area contributed by atoms with Crippen LogP contribution >= 0.6 is 0 Å².